The van der Waals surface area contributed by atoms with Crippen LogP contribution in [-0.2, 0) is 6.18 Å². The standard InChI is InChI=1S/C21H13F3N2/c22-21(23,24)19-10-11-20(26-14-19)18(13-25)12-15-6-8-17(9-7-15)16-4-2-1-3-5-16/h1-12,14H. The van der Waals surface area contributed by atoms with Gasteiger partial charge in [-0.1, -0.05) is 54.6 Å². The number of halogens is 3. The summed E-state index contributed by atoms with van der Waals surface area (Å²) in [6.07, 6.45) is -2.11. The van der Waals surface area contributed by atoms with E-state index in [4.69, 9.17) is 0 Å². The molecule has 2 nitrogen and oxygen atoms in total. The maximum Gasteiger partial charge on any atom is 0.417 e. The fourth-order valence-electron chi connectivity index (χ4n) is 2.45. The number of benzene rings is 2. The quantitative estimate of drug-likeness (QED) is 0.557. The van der Waals surface area contributed by atoms with Gasteiger partial charge in [0.1, 0.15) is 6.07 Å². The first-order valence-corrected chi connectivity index (χ1v) is 7.78. The number of hydrogen-bond acceptors (Lipinski definition) is 2. The molecular formula is C21H13F3N2. The number of allylic oxidation sites excluding steroid dienone is 1. The van der Waals surface area contributed by atoms with Crippen molar-refractivity contribution in [2.75, 3.05) is 0 Å². The van der Waals surface area contributed by atoms with Crippen molar-refractivity contribution < 1.29 is 13.2 Å². The molecule has 2 aromatic carbocycles. The molecule has 3 aromatic rings. The number of hydrogen-bond donors (Lipinski definition) is 0. The highest BCUT2D eigenvalue weighted by Crippen LogP contribution is 2.29. The van der Waals surface area contributed by atoms with E-state index in [2.05, 4.69) is 4.98 Å². The van der Waals surface area contributed by atoms with Gasteiger partial charge in [-0.2, -0.15) is 18.4 Å². The van der Waals surface area contributed by atoms with Crippen molar-refractivity contribution in [2.45, 2.75) is 6.18 Å². The zero-order valence-electron chi connectivity index (χ0n) is 13.5. The molecule has 128 valence electrons. The van der Waals surface area contributed by atoms with E-state index in [0.29, 0.717) is 0 Å². The smallest absolute Gasteiger partial charge is 0.255 e. The molecule has 0 radical (unpaired) electrons. The zero-order chi connectivity index (χ0) is 18.6. The van der Waals surface area contributed by atoms with E-state index in [1.54, 1.807) is 6.08 Å². The first-order chi connectivity index (χ1) is 12.5. The molecule has 0 bridgehead atoms. The fraction of sp³-hybridized carbons (Fsp3) is 0.0476. The van der Waals surface area contributed by atoms with Crippen LogP contribution in [0.2, 0.25) is 0 Å². The van der Waals surface area contributed by atoms with Crippen molar-refractivity contribution in [1.82, 2.24) is 4.98 Å². The van der Waals surface area contributed by atoms with Crippen molar-refractivity contribution in [2.24, 2.45) is 0 Å². The van der Waals surface area contributed by atoms with E-state index >= 15 is 0 Å². The van der Waals surface area contributed by atoms with Crippen molar-refractivity contribution in [3.63, 3.8) is 0 Å². The Morgan fingerprint density at radius 1 is 0.885 bits per heavy atom. The largest absolute Gasteiger partial charge is 0.417 e. The lowest BCUT2D eigenvalue weighted by Gasteiger charge is -2.06. The van der Waals surface area contributed by atoms with Crippen LogP contribution < -0.4 is 0 Å². The topological polar surface area (TPSA) is 36.7 Å². The van der Waals surface area contributed by atoms with E-state index in [9.17, 15) is 18.4 Å². The summed E-state index contributed by atoms with van der Waals surface area (Å²) >= 11 is 0. The van der Waals surface area contributed by atoms with Gasteiger partial charge in [0, 0.05) is 6.20 Å². The third-order valence-electron chi connectivity index (χ3n) is 3.82. The Labute approximate surface area is 148 Å². The Morgan fingerprint density at radius 3 is 2.08 bits per heavy atom. The van der Waals surface area contributed by atoms with Crippen LogP contribution in [0.15, 0.2) is 72.9 Å². The third-order valence-corrected chi connectivity index (χ3v) is 3.82. The molecule has 0 aliphatic rings. The lowest BCUT2D eigenvalue weighted by Crippen LogP contribution is -2.05. The van der Waals surface area contributed by atoms with Crippen LogP contribution in [0.25, 0.3) is 22.8 Å². The van der Waals surface area contributed by atoms with Crippen LogP contribution in [0.1, 0.15) is 16.8 Å². The predicted octanol–water partition coefficient (Wildman–Crippen LogP) is 5.83. The second-order valence-electron chi connectivity index (χ2n) is 5.59. The van der Waals surface area contributed by atoms with Gasteiger partial charge in [0.2, 0.25) is 0 Å². The van der Waals surface area contributed by atoms with Gasteiger partial charge >= 0.3 is 6.18 Å². The summed E-state index contributed by atoms with van der Waals surface area (Å²) in [7, 11) is 0. The maximum absolute atomic E-state index is 12.6. The number of nitriles is 1. The monoisotopic (exact) mass is 350 g/mol. The van der Waals surface area contributed by atoms with Gasteiger partial charge in [-0.25, -0.2) is 0 Å². The molecular weight excluding hydrogens is 337 g/mol. The number of alkyl halides is 3. The normalized spacial score (nSPS) is 11.8. The fourth-order valence-corrected chi connectivity index (χ4v) is 2.45. The van der Waals surface area contributed by atoms with Crippen LogP contribution >= 0.6 is 0 Å². The summed E-state index contributed by atoms with van der Waals surface area (Å²) in [6, 6.07) is 21.5. The molecule has 0 fully saturated rings. The molecule has 1 aromatic heterocycles. The molecule has 1 heterocycles. The van der Waals surface area contributed by atoms with Gasteiger partial charge in [0.05, 0.1) is 16.8 Å². The van der Waals surface area contributed by atoms with E-state index in [1.807, 2.05) is 60.7 Å². The highest BCUT2D eigenvalue weighted by molar-refractivity contribution is 5.88. The molecule has 0 aliphatic heterocycles. The van der Waals surface area contributed by atoms with E-state index < -0.39 is 11.7 Å². The number of pyridine rings is 1. The molecule has 0 spiro atoms. The molecule has 0 atom stereocenters. The number of nitrogens with zero attached hydrogens (tertiary/aromatic N) is 2. The van der Waals surface area contributed by atoms with Gasteiger partial charge in [-0.3, -0.25) is 4.98 Å². The molecule has 0 N–H and O–H groups in total. The van der Waals surface area contributed by atoms with Gasteiger partial charge < -0.3 is 0 Å². The second kappa shape index (κ2) is 7.24. The van der Waals surface area contributed by atoms with Gasteiger partial charge in [0.25, 0.3) is 0 Å². The first-order valence-electron chi connectivity index (χ1n) is 7.78. The Bertz CT molecular complexity index is 949. The zero-order valence-corrected chi connectivity index (χ0v) is 13.5. The highest BCUT2D eigenvalue weighted by atomic mass is 19.4. The lowest BCUT2D eigenvalue weighted by molar-refractivity contribution is -0.137. The summed E-state index contributed by atoms with van der Waals surface area (Å²) in [5.41, 5.74) is 2.44. The first kappa shape index (κ1) is 17.4. The van der Waals surface area contributed by atoms with Crippen LogP contribution in [0.4, 0.5) is 13.2 Å². The minimum atomic E-state index is -4.45. The minimum Gasteiger partial charge on any atom is -0.255 e. The van der Waals surface area contributed by atoms with Crippen molar-refractivity contribution in [3.05, 3.63) is 89.7 Å². The van der Waals surface area contributed by atoms with Crippen molar-refractivity contribution in [3.8, 4) is 17.2 Å². The summed E-state index contributed by atoms with van der Waals surface area (Å²) in [5.74, 6) is 0. The Kier molecular flexibility index (Phi) is 4.85. The SMILES string of the molecule is N#CC(=Cc1ccc(-c2ccccc2)cc1)c1ccc(C(F)(F)F)cn1. The van der Waals surface area contributed by atoms with Crippen molar-refractivity contribution >= 4 is 11.6 Å². The van der Waals surface area contributed by atoms with Crippen LogP contribution in [0.5, 0.6) is 0 Å². The summed E-state index contributed by atoms with van der Waals surface area (Å²) < 4.78 is 37.8. The summed E-state index contributed by atoms with van der Waals surface area (Å²) in [4.78, 5) is 3.77. The lowest BCUT2D eigenvalue weighted by atomic mass is 10.0. The maximum atomic E-state index is 12.6. The minimum absolute atomic E-state index is 0.200. The third kappa shape index (κ3) is 3.98. The summed E-state index contributed by atoms with van der Waals surface area (Å²) in [5, 5.41) is 9.32. The second-order valence-corrected chi connectivity index (χ2v) is 5.59. The molecule has 26 heavy (non-hydrogen) atoms. The van der Waals surface area contributed by atoms with Crippen LogP contribution in [0.3, 0.4) is 0 Å². The molecule has 0 saturated carbocycles. The van der Waals surface area contributed by atoms with Crippen molar-refractivity contribution in [1.29, 1.82) is 5.26 Å². The van der Waals surface area contributed by atoms with Crippen LogP contribution in [0, 0.1) is 11.3 Å². The average Bonchev–Trinajstić information content (AvgIpc) is 2.67. The van der Waals surface area contributed by atoms with Gasteiger partial charge in [-0.05, 0) is 34.9 Å². The van der Waals surface area contributed by atoms with E-state index in [1.165, 1.54) is 6.07 Å². The predicted molar refractivity (Wildman–Crippen MR) is 94.6 cm³/mol. The molecule has 0 amide bonds. The molecule has 0 aliphatic carbocycles. The Balaban J connectivity index is 1.86. The number of rotatable bonds is 3. The number of aromatic nitrogens is 1. The van der Waals surface area contributed by atoms with E-state index in [-0.39, 0.29) is 11.3 Å². The molecule has 5 heteroatoms. The molecule has 0 unspecified atom stereocenters. The van der Waals surface area contributed by atoms with Gasteiger partial charge in [-0.15, -0.1) is 0 Å². The highest BCUT2D eigenvalue weighted by Gasteiger charge is 2.30. The van der Waals surface area contributed by atoms with Gasteiger partial charge in [0.15, 0.2) is 0 Å². The Morgan fingerprint density at radius 2 is 1.54 bits per heavy atom. The van der Waals surface area contributed by atoms with E-state index in [0.717, 1.165) is 29.0 Å². The van der Waals surface area contributed by atoms with Crippen LogP contribution in [-0.4, -0.2) is 4.98 Å². The Hall–Kier alpha value is -3.39. The molecule has 3 rings (SSSR count). The summed E-state index contributed by atoms with van der Waals surface area (Å²) in [6.45, 7) is 0. The average molecular weight is 350 g/mol. The molecule has 0 saturated heterocycles.